The summed E-state index contributed by atoms with van der Waals surface area (Å²) in [6.07, 6.45) is 2.34. The van der Waals surface area contributed by atoms with Crippen molar-refractivity contribution in [2.24, 2.45) is 0 Å². The van der Waals surface area contributed by atoms with Gasteiger partial charge in [-0.1, -0.05) is 6.92 Å². The highest BCUT2D eigenvalue weighted by atomic mass is 32.2. The van der Waals surface area contributed by atoms with Crippen LogP contribution >= 0.6 is 0 Å². The Kier molecular flexibility index (Phi) is 5.52. The Morgan fingerprint density at radius 1 is 1.47 bits per heavy atom. The van der Waals surface area contributed by atoms with Crippen molar-refractivity contribution in [1.29, 1.82) is 0 Å². The molecular formula is C9H19N5O2S. The van der Waals surface area contributed by atoms with Crippen molar-refractivity contribution < 1.29 is 8.42 Å². The average molecular weight is 261 g/mol. The quantitative estimate of drug-likeness (QED) is 0.562. The Morgan fingerprint density at radius 2 is 2.24 bits per heavy atom. The molecule has 17 heavy (non-hydrogen) atoms. The second kappa shape index (κ2) is 6.67. The number of H-pyrrole nitrogens is 1. The second-order valence-corrected chi connectivity index (χ2v) is 5.65. The van der Waals surface area contributed by atoms with Gasteiger partial charge in [0.15, 0.2) is 0 Å². The van der Waals surface area contributed by atoms with Gasteiger partial charge in [-0.15, -0.1) is 0 Å². The van der Waals surface area contributed by atoms with Crippen LogP contribution in [0.3, 0.4) is 0 Å². The lowest BCUT2D eigenvalue weighted by molar-refractivity contribution is 0.556. The average Bonchev–Trinajstić information content (AvgIpc) is 2.77. The van der Waals surface area contributed by atoms with E-state index in [1.807, 2.05) is 6.92 Å². The number of nitrogens with zero attached hydrogens (tertiary/aromatic N) is 2. The predicted molar refractivity (Wildman–Crippen MR) is 64.9 cm³/mol. The molecule has 1 aromatic rings. The third-order valence-electron chi connectivity index (χ3n) is 2.17. The lowest BCUT2D eigenvalue weighted by atomic mass is 10.3. The standard InChI is InChI=1S/C9H19N5O2S/c1-3-4-10-5-6-17(15,16)14-8(2)9-11-7-12-13-9/h7-8,10,14H,3-6H2,1-2H3,(H,11,12,13). The molecule has 98 valence electrons. The van der Waals surface area contributed by atoms with E-state index in [9.17, 15) is 8.42 Å². The highest BCUT2D eigenvalue weighted by Gasteiger charge is 2.16. The molecule has 0 bridgehead atoms. The van der Waals surface area contributed by atoms with Gasteiger partial charge in [-0.25, -0.2) is 18.1 Å². The van der Waals surface area contributed by atoms with Crippen LogP contribution in [0.4, 0.5) is 0 Å². The maximum Gasteiger partial charge on any atom is 0.213 e. The molecule has 1 aromatic heterocycles. The Hall–Kier alpha value is -0.990. The highest BCUT2D eigenvalue weighted by molar-refractivity contribution is 7.89. The summed E-state index contributed by atoms with van der Waals surface area (Å²) in [6.45, 7) is 5.03. The van der Waals surface area contributed by atoms with Crippen LogP contribution in [0.1, 0.15) is 32.1 Å². The number of sulfonamides is 1. The molecule has 0 radical (unpaired) electrons. The first-order valence-electron chi connectivity index (χ1n) is 5.61. The Labute approximate surface area is 101 Å². The summed E-state index contributed by atoms with van der Waals surface area (Å²) in [6, 6.07) is -0.395. The number of aromatic nitrogens is 3. The molecule has 0 aliphatic heterocycles. The summed E-state index contributed by atoms with van der Waals surface area (Å²) < 4.78 is 25.9. The van der Waals surface area contributed by atoms with E-state index in [0.717, 1.165) is 13.0 Å². The normalized spacial score (nSPS) is 13.8. The van der Waals surface area contributed by atoms with Gasteiger partial charge in [0.2, 0.25) is 10.0 Å². The van der Waals surface area contributed by atoms with E-state index in [1.165, 1.54) is 6.33 Å². The fourth-order valence-electron chi connectivity index (χ4n) is 1.32. The van der Waals surface area contributed by atoms with Crippen molar-refractivity contribution in [2.75, 3.05) is 18.8 Å². The summed E-state index contributed by atoms with van der Waals surface area (Å²) in [4.78, 5) is 3.90. The van der Waals surface area contributed by atoms with Crippen molar-refractivity contribution >= 4 is 10.0 Å². The Balaban J connectivity index is 2.38. The van der Waals surface area contributed by atoms with Crippen LogP contribution in [0.5, 0.6) is 0 Å². The molecule has 0 fully saturated rings. The molecule has 0 aliphatic carbocycles. The maximum absolute atomic E-state index is 11.7. The summed E-state index contributed by atoms with van der Waals surface area (Å²) in [5.41, 5.74) is 0. The van der Waals surface area contributed by atoms with Gasteiger partial charge < -0.3 is 5.32 Å². The monoisotopic (exact) mass is 261 g/mol. The molecule has 3 N–H and O–H groups in total. The van der Waals surface area contributed by atoms with Gasteiger partial charge in [-0.05, 0) is 19.9 Å². The van der Waals surface area contributed by atoms with Gasteiger partial charge >= 0.3 is 0 Å². The molecule has 1 rings (SSSR count). The van der Waals surface area contributed by atoms with E-state index in [-0.39, 0.29) is 5.75 Å². The van der Waals surface area contributed by atoms with E-state index < -0.39 is 16.1 Å². The lowest BCUT2D eigenvalue weighted by Gasteiger charge is -2.11. The van der Waals surface area contributed by atoms with Crippen molar-refractivity contribution in [1.82, 2.24) is 25.2 Å². The van der Waals surface area contributed by atoms with Crippen molar-refractivity contribution in [3.63, 3.8) is 0 Å². The van der Waals surface area contributed by atoms with Gasteiger partial charge in [0.05, 0.1) is 11.8 Å². The second-order valence-electron chi connectivity index (χ2n) is 3.78. The van der Waals surface area contributed by atoms with E-state index >= 15 is 0 Å². The third kappa shape index (κ3) is 5.24. The number of hydrogen-bond donors (Lipinski definition) is 3. The highest BCUT2D eigenvalue weighted by Crippen LogP contribution is 2.05. The summed E-state index contributed by atoms with van der Waals surface area (Å²) >= 11 is 0. The molecule has 1 unspecified atom stereocenters. The summed E-state index contributed by atoms with van der Waals surface area (Å²) in [5.74, 6) is 0.570. The molecule has 0 spiro atoms. The molecule has 7 nitrogen and oxygen atoms in total. The van der Waals surface area contributed by atoms with Gasteiger partial charge in [-0.3, -0.25) is 5.10 Å². The van der Waals surface area contributed by atoms with E-state index in [4.69, 9.17) is 0 Å². The van der Waals surface area contributed by atoms with E-state index in [2.05, 4.69) is 25.2 Å². The van der Waals surface area contributed by atoms with Gasteiger partial charge in [0.1, 0.15) is 12.2 Å². The zero-order chi connectivity index (χ0) is 12.7. The van der Waals surface area contributed by atoms with Crippen molar-refractivity contribution in [3.05, 3.63) is 12.2 Å². The molecule has 0 saturated carbocycles. The number of nitrogens with one attached hydrogen (secondary N) is 3. The van der Waals surface area contributed by atoms with Crippen LogP contribution in [-0.2, 0) is 10.0 Å². The zero-order valence-corrected chi connectivity index (χ0v) is 10.9. The molecule has 8 heteroatoms. The Bertz CT molecular complexity index is 403. The lowest BCUT2D eigenvalue weighted by Crippen LogP contribution is -2.34. The minimum atomic E-state index is -3.29. The number of rotatable bonds is 8. The molecule has 0 aromatic carbocycles. The van der Waals surface area contributed by atoms with E-state index in [0.29, 0.717) is 12.4 Å². The molecular weight excluding hydrogens is 242 g/mol. The minimum Gasteiger partial charge on any atom is -0.316 e. The van der Waals surface area contributed by atoms with Crippen LogP contribution in [0.25, 0.3) is 0 Å². The van der Waals surface area contributed by atoms with Gasteiger partial charge in [0.25, 0.3) is 0 Å². The number of hydrogen-bond acceptors (Lipinski definition) is 5. The molecule has 0 aliphatic rings. The molecule has 0 saturated heterocycles. The Morgan fingerprint density at radius 3 is 2.82 bits per heavy atom. The van der Waals surface area contributed by atoms with Crippen LogP contribution in [-0.4, -0.2) is 42.4 Å². The first kappa shape index (κ1) is 14.1. The number of aromatic amines is 1. The maximum atomic E-state index is 11.7. The fourth-order valence-corrected chi connectivity index (χ4v) is 2.50. The van der Waals surface area contributed by atoms with Crippen LogP contribution in [0.2, 0.25) is 0 Å². The van der Waals surface area contributed by atoms with Gasteiger partial charge in [-0.2, -0.15) is 5.10 Å². The predicted octanol–water partition coefficient (Wildman–Crippen LogP) is -0.215. The van der Waals surface area contributed by atoms with Crippen LogP contribution < -0.4 is 10.0 Å². The van der Waals surface area contributed by atoms with Crippen LogP contribution in [0, 0.1) is 0 Å². The van der Waals surface area contributed by atoms with Gasteiger partial charge in [0, 0.05) is 6.54 Å². The van der Waals surface area contributed by atoms with Crippen molar-refractivity contribution in [2.45, 2.75) is 26.3 Å². The first-order valence-corrected chi connectivity index (χ1v) is 7.26. The first-order chi connectivity index (χ1) is 8.05. The fraction of sp³-hybridized carbons (Fsp3) is 0.778. The third-order valence-corrected chi connectivity index (χ3v) is 3.63. The molecule has 1 heterocycles. The topological polar surface area (TPSA) is 99.8 Å². The zero-order valence-electron chi connectivity index (χ0n) is 10.1. The smallest absolute Gasteiger partial charge is 0.213 e. The minimum absolute atomic E-state index is 0.0610. The summed E-state index contributed by atoms with van der Waals surface area (Å²) in [5, 5.41) is 9.35. The SMILES string of the molecule is CCCNCCS(=O)(=O)NC(C)c1ncn[nH]1. The van der Waals surface area contributed by atoms with Crippen LogP contribution in [0.15, 0.2) is 6.33 Å². The molecule has 1 atom stereocenters. The summed E-state index contributed by atoms with van der Waals surface area (Å²) in [7, 11) is -3.29. The largest absolute Gasteiger partial charge is 0.316 e. The van der Waals surface area contributed by atoms with E-state index in [1.54, 1.807) is 6.92 Å². The van der Waals surface area contributed by atoms with Crippen molar-refractivity contribution in [3.8, 4) is 0 Å². The molecule has 0 amide bonds.